The normalized spacial score (nSPS) is 11.5. The third-order valence-corrected chi connectivity index (χ3v) is 5.13. The highest BCUT2D eigenvalue weighted by Gasteiger charge is 2.14. The van der Waals surface area contributed by atoms with E-state index < -0.39 is 0 Å². The van der Waals surface area contributed by atoms with Gasteiger partial charge in [-0.2, -0.15) is 5.10 Å². The van der Waals surface area contributed by atoms with E-state index >= 15 is 0 Å². The molecule has 0 spiro atoms. The van der Waals surface area contributed by atoms with Crippen molar-refractivity contribution < 1.29 is 0 Å². The lowest BCUT2D eigenvalue weighted by molar-refractivity contribution is 0.643. The SMILES string of the molecule is Cc1c(/C=N\Nc2nc3ccccc3s2)n(C)n(-c2ccccc2)c1=O. The van der Waals surface area contributed by atoms with Crippen LogP contribution in [0.2, 0.25) is 0 Å². The van der Waals surface area contributed by atoms with Crippen LogP contribution in [0, 0.1) is 6.92 Å². The summed E-state index contributed by atoms with van der Waals surface area (Å²) in [6.45, 7) is 1.81. The number of nitrogens with one attached hydrogen (secondary N) is 1. The molecule has 0 unspecified atom stereocenters. The molecule has 0 amide bonds. The van der Waals surface area contributed by atoms with E-state index in [4.69, 9.17) is 0 Å². The van der Waals surface area contributed by atoms with E-state index in [1.807, 2.05) is 61.6 Å². The van der Waals surface area contributed by atoms with Gasteiger partial charge in [0.25, 0.3) is 5.56 Å². The number of nitrogens with zero attached hydrogens (tertiary/aromatic N) is 4. The lowest BCUT2D eigenvalue weighted by Crippen LogP contribution is -2.20. The Bertz CT molecular complexity index is 1120. The summed E-state index contributed by atoms with van der Waals surface area (Å²) in [5.74, 6) is 0. The van der Waals surface area contributed by atoms with Gasteiger partial charge in [-0.1, -0.05) is 41.7 Å². The summed E-state index contributed by atoms with van der Waals surface area (Å²) < 4.78 is 4.54. The van der Waals surface area contributed by atoms with Gasteiger partial charge < -0.3 is 0 Å². The summed E-state index contributed by atoms with van der Waals surface area (Å²) in [5.41, 5.74) is 6.05. The van der Waals surface area contributed by atoms with Gasteiger partial charge >= 0.3 is 0 Å². The topological polar surface area (TPSA) is 64.2 Å². The zero-order valence-electron chi connectivity index (χ0n) is 14.4. The maximum absolute atomic E-state index is 12.6. The van der Waals surface area contributed by atoms with Crippen molar-refractivity contribution in [1.29, 1.82) is 0 Å². The average molecular weight is 363 g/mol. The van der Waals surface area contributed by atoms with Crippen LogP contribution < -0.4 is 11.0 Å². The second-order valence-corrected chi connectivity index (χ2v) is 6.87. The molecule has 2 heterocycles. The molecule has 0 aliphatic rings. The summed E-state index contributed by atoms with van der Waals surface area (Å²) in [6.07, 6.45) is 1.66. The van der Waals surface area contributed by atoms with Crippen LogP contribution in [0.3, 0.4) is 0 Å². The standard InChI is InChI=1S/C19H17N5OS/c1-13-16(23(2)24(18(13)25)14-8-4-3-5-9-14)12-20-22-19-21-15-10-6-7-11-17(15)26-19/h3-12H,1-2H3,(H,21,22)/b20-12-. The van der Waals surface area contributed by atoms with Gasteiger partial charge in [0.1, 0.15) is 0 Å². The van der Waals surface area contributed by atoms with Crippen LogP contribution in [-0.4, -0.2) is 20.6 Å². The van der Waals surface area contributed by atoms with E-state index in [9.17, 15) is 4.79 Å². The van der Waals surface area contributed by atoms with Crippen molar-refractivity contribution in [3.8, 4) is 5.69 Å². The fraction of sp³-hybridized carbons (Fsp3) is 0.105. The van der Waals surface area contributed by atoms with Gasteiger partial charge in [0.05, 0.1) is 27.8 Å². The maximum atomic E-state index is 12.6. The number of thiazole rings is 1. The molecule has 26 heavy (non-hydrogen) atoms. The van der Waals surface area contributed by atoms with E-state index in [0.717, 1.165) is 21.6 Å². The van der Waals surface area contributed by atoms with Crippen molar-refractivity contribution in [2.75, 3.05) is 5.43 Å². The van der Waals surface area contributed by atoms with Crippen LogP contribution in [0.4, 0.5) is 5.13 Å². The Morgan fingerprint density at radius 2 is 1.85 bits per heavy atom. The van der Waals surface area contributed by atoms with Crippen LogP contribution >= 0.6 is 11.3 Å². The highest BCUT2D eigenvalue weighted by atomic mass is 32.1. The number of anilines is 1. The largest absolute Gasteiger partial charge is 0.279 e. The first-order chi connectivity index (χ1) is 12.6. The van der Waals surface area contributed by atoms with Crippen molar-refractivity contribution in [2.24, 2.45) is 12.1 Å². The predicted octanol–water partition coefficient (Wildman–Crippen LogP) is 3.54. The molecular formula is C19H17N5OS. The summed E-state index contributed by atoms with van der Waals surface area (Å²) in [6, 6.07) is 17.5. The minimum absolute atomic E-state index is 0.0554. The van der Waals surface area contributed by atoms with Crippen LogP contribution in [-0.2, 0) is 7.05 Å². The molecule has 4 aromatic rings. The second kappa shape index (κ2) is 6.61. The fourth-order valence-corrected chi connectivity index (χ4v) is 3.68. The molecule has 4 rings (SSSR count). The van der Waals surface area contributed by atoms with Gasteiger partial charge in [-0.15, -0.1) is 0 Å². The number of benzene rings is 2. The highest BCUT2D eigenvalue weighted by molar-refractivity contribution is 7.22. The first-order valence-corrected chi connectivity index (χ1v) is 8.95. The van der Waals surface area contributed by atoms with Crippen molar-refractivity contribution in [1.82, 2.24) is 14.3 Å². The Morgan fingerprint density at radius 1 is 1.12 bits per heavy atom. The number of hydrazone groups is 1. The highest BCUT2D eigenvalue weighted by Crippen LogP contribution is 2.25. The molecule has 0 fully saturated rings. The molecule has 0 saturated heterocycles. The Hall–Kier alpha value is -3.19. The number of para-hydroxylation sites is 2. The zero-order chi connectivity index (χ0) is 18.1. The Morgan fingerprint density at radius 3 is 2.62 bits per heavy atom. The third-order valence-electron chi connectivity index (χ3n) is 4.19. The molecule has 1 N–H and O–H groups in total. The minimum Gasteiger partial charge on any atom is -0.279 e. The van der Waals surface area contributed by atoms with E-state index in [2.05, 4.69) is 15.5 Å². The molecule has 6 nitrogen and oxygen atoms in total. The van der Waals surface area contributed by atoms with Crippen LogP contribution in [0.15, 0.2) is 64.5 Å². The van der Waals surface area contributed by atoms with Crippen molar-refractivity contribution in [2.45, 2.75) is 6.92 Å². The Kier molecular flexibility index (Phi) is 4.14. The maximum Gasteiger partial charge on any atom is 0.274 e. The quantitative estimate of drug-likeness (QED) is 0.445. The first-order valence-electron chi connectivity index (χ1n) is 8.14. The zero-order valence-corrected chi connectivity index (χ0v) is 15.2. The molecule has 0 aliphatic heterocycles. The van der Waals surface area contributed by atoms with E-state index in [1.54, 1.807) is 22.5 Å². The van der Waals surface area contributed by atoms with E-state index in [1.165, 1.54) is 11.3 Å². The number of hydrogen-bond donors (Lipinski definition) is 1. The fourth-order valence-electron chi connectivity index (χ4n) is 2.86. The predicted molar refractivity (Wildman–Crippen MR) is 107 cm³/mol. The number of hydrogen-bond acceptors (Lipinski definition) is 5. The minimum atomic E-state index is -0.0554. The Balaban J connectivity index is 1.64. The molecule has 0 radical (unpaired) electrons. The molecule has 0 aliphatic carbocycles. The molecule has 2 aromatic carbocycles. The summed E-state index contributed by atoms with van der Waals surface area (Å²) in [5, 5.41) is 4.99. The summed E-state index contributed by atoms with van der Waals surface area (Å²) >= 11 is 1.54. The summed E-state index contributed by atoms with van der Waals surface area (Å²) in [7, 11) is 1.85. The van der Waals surface area contributed by atoms with E-state index in [0.29, 0.717) is 10.7 Å². The van der Waals surface area contributed by atoms with Crippen LogP contribution in [0.25, 0.3) is 15.9 Å². The van der Waals surface area contributed by atoms with Crippen molar-refractivity contribution in [3.05, 3.63) is 76.2 Å². The summed E-state index contributed by atoms with van der Waals surface area (Å²) in [4.78, 5) is 17.1. The van der Waals surface area contributed by atoms with Gasteiger partial charge in [-0.05, 0) is 31.2 Å². The molecule has 130 valence electrons. The van der Waals surface area contributed by atoms with E-state index in [-0.39, 0.29) is 5.56 Å². The van der Waals surface area contributed by atoms with Crippen LogP contribution in [0.1, 0.15) is 11.3 Å². The first kappa shape index (κ1) is 16.3. The molecule has 0 saturated carbocycles. The van der Waals surface area contributed by atoms with Gasteiger partial charge in [0, 0.05) is 12.6 Å². The van der Waals surface area contributed by atoms with Gasteiger partial charge in [0.2, 0.25) is 5.13 Å². The van der Waals surface area contributed by atoms with Gasteiger partial charge in [-0.25, -0.2) is 9.67 Å². The number of fused-ring (bicyclic) bond motifs is 1. The van der Waals surface area contributed by atoms with Gasteiger partial charge in [-0.3, -0.25) is 14.9 Å². The molecule has 0 atom stereocenters. The average Bonchev–Trinajstić information content (AvgIpc) is 3.16. The third kappa shape index (κ3) is 2.82. The number of rotatable bonds is 4. The number of aromatic nitrogens is 3. The molecular weight excluding hydrogens is 346 g/mol. The smallest absolute Gasteiger partial charge is 0.274 e. The van der Waals surface area contributed by atoms with Crippen molar-refractivity contribution >= 4 is 32.9 Å². The lowest BCUT2D eigenvalue weighted by Gasteiger charge is -2.07. The van der Waals surface area contributed by atoms with Crippen LogP contribution in [0.5, 0.6) is 0 Å². The molecule has 7 heteroatoms. The van der Waals surface area contributed by atoms with Gasteiger partial charge in [0.15, 0.2) is 0 Å². The van der Waals surface area contributed by atoms with Crippen molar-refractivity contribution in [3.63, 3.8) is 0 Å². The lowest BCUT2D eigenvalue weighted by atomic mass is 10.3. The Labute approximate surface area is 154 Å². The molecule has 2 aromatic heterocycles. The second-order valence-electron chi connectivity index (χ2n) is 5.84. The molecule has 0 bridgehead atoms. The monoisotopic (exact) mass is 363 g/mol.